The summed E-state index contributed by atoms with van der Waals surface area (Å²) in [6.45, 7) is 2.14. The summed E-state index contributed by atoms with van der Waals surface area (Å²) in [6.07, 6.45) is 2.70. The molecular weight excluding hydrogens is 302 g/mol. The number of thiophene rings is 1. The topological polar surface area (TPSA) is 46.2 Å². The molecule has 21 heavy (non-hydrogen) atoms. The van der Waals surface area contributed by atoms with Crippen LogP contribution in [0.3, 0.4) is 0 Å². The molecule has 0 aliphatic carbocycles. The fourth-order valence-corrected chi connectivity index (χ4v) is 3.43. The van der Waals surface area contributed by atoms with Crippen LogP contribution in [0.2, 0.25) is 0 Å². The second-order valence-corrected chi connectivity index (χ2v) is 6.54. The number of amides is 1. The lowest BCUT2D eigenvalue weighted by atomic mass is 10.2. The summed E-state index contributed by atoms with van der Waals surface area (Å²) in [6, 6.07) is 11.4. The fraction of sp³-hybridized carbons (Fsp3) is 0.250. The van der Waals surface area contributed by atoms with Crippen molar-refractivity contribution in [3.63, 3.8) is 0 Å². The van der Waals surface area contributed by atoms with Gasteiger partial charge in [0.05, 0.1) is 10.4 Å². The van der Waals surface area contributed by atoms with Crippen LogP contribution in [0.1, 0.15) is 31.8 Å². The van der Waals surface area contributed by atoms with E-state index in [9.17, 15) is 9.59 Å². The molecule has 0 fully saturated rings. The van der Waals surface area contributed by atoms with Gasteiger partial charge in [-0.05, 0) is 43.9 Å². The van der Waals surface area contributed by atoms with Crippen molar-refractivity contribution in [3.8, 4) is 0 Å². The zero-order chi connectivity index (χ0) is 15.2. The van der Waals surface area contributed by atoms with Gasteiger partial charge in [0.2, 0.25) is 0 Å². The van der Waals surface area contributed by atoms with E-state index in [1.807, 2.05) is 42.7 Å². The zero-order valence-electron chi connectivity index (χ0n) is 12.0. The van der Waals surface area contributed by atoms with Gasteiger partial charge in [-0.25, -0.2) is 0 Å². The Morgan fingerprint density at radius 3 is 2.62 bits per heavy atom. The summed E-state index contributed by atoms with van der Waals surface area (Å²) in [4.78, 5) is 26.2. The third-order valence-corrected chi connectivity index (χ3v) is 5.06. The predicted octanol–water partition coefficient (Wildman–Crippen LogP) is 3.65. The smallest absolute Gasteiger partial charge is 0.252 e. The van der Waals surface area contributed by atoms with Crippen LogP contribution < -0.4 is 5.32 Å². The maximum atomic E-state index is 12.2. The molecule has 0 aliphatic rings. The number of hydrogen-bond donors (Lipinski definition) is 1. The second kappa shape index (κ2) is 7.43. The molecule has 5 heteroatoms. The number of hydrogen-bond acceptors (Lipinski definition) is 4. The van der Waals surface area contributed by atoms with Crippen LogP contribution in [0.4, 0.5) is 0 Å². The molecule has 0 spiro atoms. The van der Waals surface area contributed by atoms with Gasteiger partial charge in [-0.2, -0.15) is 0 Å². The van der Waals surface area contributed by atoms with Gasteiger partial charge >= 0.3 is 0 Å². The minimum absolute atomic E-state index is 0.0525. The number of nitrogens with one attached hydrogen (secondary N) is 1. The molecule has 2 aromatic rings. The van der Waals surface area contributed by atoms with E-state index in [-0.39, 0.29) is 11.7 Å². The van der Waals surface area contributed by atoms with E-state index in [1.165, 1.54) is 11.3 Å². The minimum Gasteiger partial charge on any atom is -0.352 e. The highest BCUT2D eigenvalue weighted by atomic mass is 32.2. The molecule has 0 radical (unpaired) electrons. The number of rotatable bonds is 6. The molecule has 1 heterocycles. The largest absolute Gasteiger partial charge is 0.352 e. The quantitative estimate of drug-likeness (QED) is 0.653. The number of ketones is 1. The van der Waals surface area contributed by atoms with Crippen LogP contribution in [0, 0.1) is 0 Å². The Morgan fingerprint density at radius 1 is 1.19 bits per heavy atom. The molecule has 0 unspecified atom stereocenters. The number of carbonyl (C=O) groups is 2. The minimum atomic E-state index is -0.0525. The van der Waals surface area contributed by atoms with Crippen molar-refractivity contribution in [3.05, 3.63) is 51.7 Å². The molecule has 0 aliphatic heterocycles. The Morgan fingerprint density at radius 2 is 1.95 bits per heavy atom. The maximum Gasteiger partial charge on any atom is 0.252 e. The lowest BCUT2D eigenvalue weighted by Crippen LogP contribution is -2.25. The SMILES string of the molecule is CSc1ccccc1C(=O)NCCc1ccc(C(C)=O)s1. The standard InChI is InChI=1S/C16H17NO2S2/c1-11(18)14-8-7-12(21-14)9-10-17-16(19)13-5-3-4-6-15(13)20-2/h3-8H,9-10H2,1-2H3,(H,17,19). The summed E-state index contributed by atoms with van der Waals surface area (Å²) in [5, 5.41) is 2.93. The number of thioether (sulfide) groups is 1. The fourth-order valence-electron chi connectivity index (χ4n) is 1.93. The van der Waals surface area contributed by atoms with Crippen molar-refractivity contribution in [2.75, 3.05) is 12.8 Å². The number of carbonyl (C=O) groups excluding carboxylic acids is 2. The normalized spacial score (nSPS) is 10.4. The first-order chi connectivity index (χ1) is 10.1. The van der Waals surface area contributed by atoms with Gasteiger partial charge in [-0.1, -0.05) is 12.1 Å². The molecule has 0 atom stereocenters. The van der Waals surface area contributed by atoms with Crippen molar-refractivity contribution in [1.82, 2.24) is 5.32 Å². The van der Waals surface area contributed by atoms with Gasteiger partial charge in [-0.15, -0.1) is 23.1 Å². The molecular formula is C16H17NO2S2. The first kappa shape index (κ1) is 15.8. The van der Waals surface area contributed by atoms with Gasteiger partial charge in [-0.3, -0.25) is 9.59 Å². The molecule has 1 aromatic carbocycles. The lowest BCUT2D eigenvalue weighted by molar-refractivity contribution is 0.0950. The van der Waals surface area contributed by atoms with Crippen LogP contribution in [-0.4, -0.2) is 24.5 Å². The van der Waals surface area contributed by atoms with Gasteiger partial charge < -0.3 is 5.32 Å². The third kappa shape index (κ3) is 4.19. The van der Waals surface area contributed by atoms with E-state index in [0.717, 1.165) is 21.1 Å². The second-order valence-electron chi connectivity index (χ2n) is 4.53. The highest BCUT2D eigenvalue weighted by Gasteiger charge is 2.10. The molecule has 2 rings (SSSR count). The molecule has 3 nitrogen and oxygen atoms in total. The van der Waals surface area contributed by atoms with E-state index in [2.05, 4.69) is 5.32 Å². The zero-order valence-corrected chi connectivity index (χ0v) is 13.6. The molecule has 0 saturated carbocycles. The Bertz CT molecular complexity index is 649. The lowest BCUT2D eigenvalue weighted by Gasteiger charge is -2.07. The summed E-state index contributed by atoms with van der Waals surface area (Å²) in [5.41, 5.74) is 0.709. The van der Waals surface area contributed by atoms with Gasteiger partial charge in [0.1, 0.15) is 0 Å². The Hall–Kier alpha value is -1.59. The van der Waals surface area contributed by atoms with Crippen LogP contribution in [0.5, 0.6) is 0 Å². The van der Waals surface area contributed by atoms with Gasteiger partial charge in [0.25, 0.3) is 5.91 Å². The monoisotopic (exact) mass is 319 g/mol. The Labute approximate surface area is 132 Å². The number of benzene rings is 1. The summed E-state index contributed by atoms with van der Waals surface area (Å²) in [5.74, 6) is 0.0347. The van der Waals surface area contributed by atoms with E-state index in [1.54, 1.807) is 18.7 Å². The summed E-state index contributed by atoms with van der Waals surface area (Å²) < 4.78 is 0. The van der Waals surface area contributed by atoms with Crippen LogP contribution >= 0.6 is 23.1 Å². The van der Waals surface area contributed by atoms with Crippen LogP contribution in [0.15, 0.2) is 41.3 Å². The molecule has 1 aromatic heterocycles. The molecule has 0 saturated heterocycles. The van der Waals surface area contributed by atoms with Gasteiger partial charge in [0.15, 0.2) is 5.78 Å². The first-order valence-electron chi connectivity index (χ1n) is 6.62. The average molecular weight is 319 g/mol. The van der Waals surface area contributed by atoms with E-state index >= 15 is 0 Å². The highest BCUT2D eigenvalue weighted by Crippen LogP contribution is 2.20. The van der Waals surface area contributed by atoms with Gasteiger partial charge in [0, 0.05) is 16.3 Å². The van der Waals surface area contributed by atoms with Crippen molar-refractivity contribution in [1.29, 1.82) is 0 Å². The summed E-state index contributed by atoms with van der Waals surface area (Å²) in [7, 11) is 0. The van der Waals surface area contributed by atoms with Crippen molar-refractivity contribution < 1.29 is 9.59 Å². The Kier molecular flexibility index (Phi) is 5.59. The molecule has 0 bridgehead atoms. The predicted molar refractivity (Wildman–Crippen MR) is 88.6 cm³/mol. The van der Waals surface area contributed by atoms with E-state index in [4.69, 9.17) is 0 Å². The third-order valence-electron chi connectivity index (χ3n) is 3.02. The van der Waals surface area contributed by atoms with Crippen LogP contribution in [-0.2, 0) is 6.42 Å². The molecule has 110 valence electrons. The highest BCUT2D eigenvalue weighted by molar-refractivity contribution is 7.98. The molecule has 1 amide bonds. The Balaban J connectivity index is 1.90. The number of Topliss-reactive ketones (excluding diaryl/α,β-unsaturated/α-hetero) is 1. The van der Waals surface area contributed by atoms with E-state index < -0.39 is 0 Å². The summed E-state index contributed by atoms with van der Waals surface area (Å²) >= 11 is 3.06. The van der Waals surface area contributed by atoms with Crippen molar-refractivity contribution in [2.45, 2.75) is 18.2 Å². The van der Waals surface area contributed by atoms with Crippen LogP contribution in [0.25, 0.3) is 0 Å². The van der Waals surface area contributed by atoms with E-state index in [0.29, 0.717) is 12.1 Å². The van der Waals surface area contributed by atoms with Crippen molar-refractivity contribution in [2.24, 2.45) is 0 Å². The maximum absolute atomic E-state index is 12.2. The van der Waals surface area contributed by atoms with Crippen molar-refractivity contribution >= 4 is 34.8 Å². The first-order valence-corrected chi connectivity index (χ1v) is 8.67. The molecule has 1 N–H and O–H groups in total. The average Bonchev–Trinajstić information content (AvgIpc) is 2.96.